The molecule has 0 saturated carbocycles. The number of benzene rings is 1. The Morgan fingerprint density at radius 2 is 1.61 bits per heavy atom. The molecule has 2 N–H and O–H groups in total. The number of aromatic nitrogens is 3. The van der Waals surface area contributed by atoms with Gasteiger partial charge in [-0.15, -0.1) is 0 Å². The third-order valence-electron chi connectivity index (χ3n) is 3.96. The fourth-order valence-corrected chi connectivity index (χ4v) is 2.29. The molecule has 2 rings (SSSR count). The largest absolute Gasteiger partial charge is 0.368 e. The summed E-state index contributed by atoms with van der Waals surface area (Å²) in [6, 6.07) is 8.76. The smallest absolute Gasteiger partial charge is 0.229 e. The Hall–Kier alpha value is -2.21. The van der Waals surface area contributed by atoms with E-state index < -0.39 is 0 Å². The van der Waals surface area contributed by atoms with Crippen LogP contribution in [0, 0.1) is 0 Å². The molecule has 0 radical (unpaired) electrons. The molecule has 0 fully saturated rings. The van der Waals surface area contributed by atoms with E-state index >= 15 is 0 Å². The van der Waals surface area contributed by atoms with Crippen LogP contribution in [0.2, 0.25) is 0 Å². The molecule has 0 aliphatic rings. The van der Waals surface area contributed by atoms with Crippen molar-refractivity contribution >= 4 is 11.9 Å². The van der Waals surface area contributed by atoms with Crippen molar-refractivity contribution in [3.05, 3.63) is 41.2 Å². The normalized spacial score (nSPS) is 12.4. The van der Waals surface area contributed by atoms with E-state index in [1.165, 1.54) is 11.1 Å². The van der Waals surface area contributed by atoms with Crippen molar-refractivity contribution in [2.24, 2.45) is 0 Å². The van der Waals surface area contributed by atoms with Crippen LogP contribution in [0.3, 0.4) is 0 Å². The van der Waals surface area contributed by atoms with Crippen molar-refractivity contribution in [3.63, 3.8) is 0 Å². The summed E-state index contributed by atoms with van der Waals surface area (Å²) in [5.74, 6) is 1.53. The van der Waals surface area contributed by atoms with Gasteiger partial charge in [-0.1, -0.05) is 31.2 Å². The van der Waals surface area contributed by atoms with Crippen molar-refractivity contribution in [3.8, 4) is 0 Å². The molecule has 6 nitrogen and oxygen atoms in total. The van der Waals surface area contributed by atoms with Crippen molar-refractivity contribution in [1.82, 2.24) is 19.9 Å². The summed E-state index contributed by atoms with van der Waals surface area (Å²) in [7, 11) is 5.85. The molecule has 0 amide bonds. The minimum atomic E-state index is 0.0462. The zero-order valence-electron chi connectivity index (χ0n) is 14.6. The van der Waals surface area contributed by atoms with Crippen LogP contribution in [-0.2, 0) is 13.0 Å². The minimum Gasteiger partial charge on any atom is -0.368 e. The standard InChI is InChI=1S/C17H26N6/c1-6-13-7-9-14(10-8-13)11-23(5)12(2)15-19-16(18)21-17(20-15)22(3)4/h7-10,12H,6,11H2,1-5H3,(H2,18,19,20,21). The van der Waals surface area contributed by atoms with Gasteiger partial charge in [0.2, 0.25) is 11.9 Å². The van der Waals surface area contributed by atoms with E-state index in [-0.39, 0.29) is 12.0 Å². The first-order valence-electron chi connectivity index (χ1n) is 7.87. The van der Waals surface area contributed by atoms with E-state index in [0.29, 0.717) is 11.8 Å². The highest BCUT2D eigenvalue weighted by Crippen LogP contribution is 2.20. The number of nitrogen functional groups attached to an aromatic ring is 1. The maximum Gasteiger partial charge on any atom is 0.229 e. The number of hydrogen-bond acceptors (Lipinski definition) is 6. The average molecular weight is 314 g/mol. The quantitative estimate of drug-likeness (QED) is 0.882. The molecule has 23 heavy (non-hydrogen) atoms. The summed E-state index contributed by atoms with van der Waals surface area (Å²) in [4.78, 5) is 17.0. The predicted octanol–water partition coefficient (Wildman–Crippen LogP) is 2.28. The molecule has 1 aromatic heterocycles. The second-order valence-corrected chi connectivity index (χ2v) is 6.01. The predicted molar refractivity (Wildman–Crippen MR) is 94.3 cm³/mol. The Kier molecular flexibility index (Phi) is 5.50. The van der Waals surface area contributed by atoms with Crippen LogP contribution in [0.5, 0.6) is 0 Å². The van der Waals surface area contributed by atoms with Gasteiger partial charge in [-0.05, 0) is 31.5 Å². The molecule has 0 spiro atoms. The minimum absolute atomic E-state index is 0.0462. The molecule has 1 heterocycles. The molecule has 0 aliphatic carbocycles. The summed E-state index contributed by atoms with van der Waals surface area (Å²) in [5.41, 5.74) is 8.43. The van der Waals surface area contributed by atoms with Gasteiger partial charge < -0.3 is 10.6 Å². The van der Waals surface area contributed by atoms with Crippen molar-refractivity contribution < 1.29 is 0 Å². The molecule has 1 aromatic carbocycles. The lowest BCUT2D eigenvalue weighted by Crippen LogP contribution is -2.25. The first-order valence-corrected chi connectivity index (χ1v) is 7.87. The lowest BCUT2D eigenvalue weighted by Gasteiger charge is -2.24. The fourth-order valence-electron chi connectivity index (χ4n) is 2.29. The van der Waals surface area contributed by atoms with Crippen molar-refractivity contribution in [2.45, 2.75) is 32.9 Å². The van der Waals surface area contributed by atoms with Crippen LogP contribution in [0.1, 0.15) is 36.8 Å². The lowest BCUT2D eigenvalue weighted by atomic mass is 10.1. The van der Waals surface area contributed by atoms with Gasteiger partial charge in [-0.2, -0.15) is 15.0 Å². The molecule has 6 heteroatoms. The molecule has 1 unspecified atom stereocenters. The van der Waals surface area contributed by atoms with Crippen LogP contribution in [-0.4, -0.2) is 41.0 Å². The van der Waals surface area contributed by atoms with Crippen LogP contribution in [0.4, 0.5) is 11.9 Å². The maximum absolute atomic E-state index is 5.81. The Labute approximate surface area is 138 Å². The summed E-state index contributed by atoms with van der Waals surface area (Å²) in [6.07, 6.45) is 1.06. The number of aryl methyl sites for hydroxylation is 1. The van der Waals surface area contributed by atoms with Gasteiger partial charge in [0.15, 0.2) is 5.82 Å². The highest BCUT2D eigenvalue weighted by atomic mass is 15.3. The average Bonchev–Trinajstić information content (AvgIpc) is 2.54. The number of anilines is 2. The second-order valence-electron chi connectivity index (χ2n) is 6.01. The highest BCUT2D eigenvalue weighted by molar-refractivity contribution is 5.33. The molecule has 124 valence electrons. The highest BCUT2D eigenvalue weighted by Gasteiger charge is 2.17. The van der Waals surface area contributed by atoms with Gasteiger partial charge in [0.25, 0.3) is 0 Å². The third-order valence-corrected chi connectivity index (χ3v) is 3.96. The Bertz CT molecular complexity index is 638. The van der Waals surface area contributed by atoms with Gasteiger partial charge in [0, 0.05) is 20.6 Å². The fraction of sp³-hybridized carbons (Fsp3) is 0.471. The molecule has 0 bridgehead atoms. The Balaban J connectivity index is 2.13. The number of nitrogens with two attached hydrogens (primary N) is 1. The molecule has 0 saturated heterocycles. The number of hydrogen-bond donors (Lipinski definition) is 1. The van der Waals surface area contributed by atoms with Gasteiger partial charge in [-0.25, -0.2) is 0 Å². The van der Waals surface area contributed by atoms with Gasteiger partial charge in [-0.3, -0.25) is 4.90 Å². The zero-order chi connectivity index (χ0) is 17.0. The van der Waals surface area contributed by atoms with Gasteiger partial charge >= 0.3 is 0 Å². The first kappa shape index (κ1) is 17.1. The summed E-state index contributed by atoms with van der Waals surface area (Å²) in [5, 5.41) is 0. The SMILES string of the molecule is CCc1ccc(CN(C)C(C)c2nc(N)nc(N(C)C)n2)cc1. The second kappa shape index (κ2) is 7.37. The van der Waals surface area contributed by atoms with Gasteiger partial charge in [0.05, 0.1) is 6.04 Å². The lowest BCUT2D eigenvalue weighted by molar-refractivity contribution is 0.243. The van der Waals surface area contributed by atoms with Crippen LogP contribution in [0.15, 0.2) is 24.3 Å². The molecular formula is C17H26N6. The first-order chi connectivity index (χ1) is 10.9. The Morgan fingerprint density at radius 1 is 1.00 bits per heavy atom. The molecule has 2 aromatic rings. The molecule has 1 atom stereocenters. The van der Waals surface area contributed by atoms with E-state index in [1.54, 1.807) is 0 Å². The topological polar surface area (TPSA) is 71.2 Å². The molecule has 0 aliphatic heterocycles. The van der Waals surface area contributed by atoms with E-state index in [0.717, 1.165) is 13.0 Å². The number of rotatable bonds is 6. The monoisotopic (exact) mass is 314 g/mol. The van der Waals surface area contributed by atoms with E-state index in [1.807, 2.05) is 19.0 Å². The summed E-state index contributed by atoms with van der Waals surface area (Å²) in [6.45, 7) is 5.07. The van der Waals surface area contributed by atoms with Crippen LogP contribution in [0.25, 0.3) is 0 Å². The molecular weight excluding hydrogens is 288 g/mol. The summed E-state index contributed by atoms with van der Waals surface area (Å²) >= 11 is 0. The van der Waals surface area contributed by atoms with E-state index in [9.17, 15) is 0 Å². The van der Waals surface area contributed by atoms with Crippen LogP contribution < -0.4 is 10.6 Å². The maximum atomic E-state index is 5.81. The third kappa shape index (κ3) is 4.39. The van der Waals surface area contributed by atoms with Crippen molar-refractivity contribution in [1.29, 1.82) is 0 Å². The van der Waals surface area contributed by atoms with Crippen molar-refractivity contribution in [2.75, 3.05) is 31.8 Å². The van der Waals surface area contributed by atoms with E-state index in [2.05, 4.69) is 65.0 Å². The van der Waals surface area contributed by atoms with E-state index in [4.69, 9.17) is 5.73 Å². The van der Waals surface area contributed by atoms with Gasteiger partial charge in [0.1, 0.15) is 0 Å². The number of nitrogens with zero attached hydrogens (tertiary/aromatic N) is 5. The zero-order valence-corrected chi connectivity index (χ0v) is 14.6. The van der Waals surface area contributed by atoms with Crippen LogP contribution >= 0.6 is 0 Å². The Morgan fingerprint density at radius 3 is 2.17 bits per heavy atom. The summed E-state index contributed by atoms with van der Waals surface area (Å²) < 4.78 is 0.